The SMILES string of the molecule is CCOC(=O)c1ccc(Cc2cc3c(cc2OCc2ccc(C)cc2)OCCO3)cc1. The summed E-state index contributed by atoms with van der Waals surface area (Å²) in [5.41, 5.74) is 4.93. The summed E-state index contributed by atoms with van der Waals surface area (Å²) in [7, 11) is 0. The first-order valence-electron chi connectivity index (χ1n) is 10.5. The number of esters is 1. The number of hydrogen-bond donors (Lipinski definition) is 0. The molecule has 0 N–H and O–H groups in total. The molecule has 0 unspecified atom stereocenters. The Morgan fingerprint density at radius 2 is 1.55 bits per heavy atom. The molecule has 3 aromatic carbocycles. The minimum Gasteiger partial charge on any atom is -0.488 e. The molecular weight excluding hydrogens is 392 g/mol. The monoisotopic (exact) mass is 418 g/mol. The fourth-order valence-electron chi connectivity index (χ4n) is 3.42. The molecule has 0 bridgehead atoms. The minimum absolute atomic E-state index is 0.310. The van der Waals surface area contributed by atoms with E-state index in [1.807, 2.05) is 24.3 Å². The highest BCUT2D eigenvalue weighted by Crippen LogP contribution is 2.38. The number of aryl methyl sites for hydroxylation is 1. The molecule has 1 heterocycles. The van der Waals surface area contributed by atoms with Gasteiger partial charge in [0.1, 0.15) is 25.6 Å². The molecule has 160 valence electrons. The van der Waals surface area contributed by atoms with Gasteiger partial charge in [0.2, 0.25) is 0 Å². The molecule has 0 spiro atoms. The summed E-state index contributed by atoms with van der Waals surface area (Å²) in [4.78, 5) is 11.9. The third-order valence-electron chi connectivity index (χ3n) is 5.10. The van der Waals surface area contributed by atoms with Crippen molar-refractivity contribution in [1.82, 2.24) is 0 Å². The van der Waals surface area contributed by atoms with Crippen LogP contribution in [0.25, 0.3) is 0 Å². The molecule has 31 heavy (non-hydrogen) atoms. The second-order valence-corrected chi connectivity index (χ2v) is 7.47. The lowest BCUT2D eigenvalue weighted by Gasteiger charge is -2.21. The normalized spacial score (nSPS) is 12.3. The largest absolute Gasteiger partial charge is 0.488 e. The molecule has 0 amide bonds. The number of fused-ring (bicyclic) bond motifs is 1. The van der Waals surface area contributed by atoms with Gasteiger partial charge in [0.05, 0.1) is 12.2 Å². The van der Waals surface area contributed by atoms with E-state index >= 15 is 0 Å². The summed E-state index contributed by atoms with van der Waals surface area (Å²) in [5, 5.41) is 0. The molecule has 0 aliphatic carbocycles. The van der Waals surface area contributed by atoms with Crippen LogP contribution in [0, 0.1) is 6.92 Å². The zero-order valence-electron chi connectivity index (χ0n) is 17.9. The Kier molecular flexibility index (Phi) is 6.41. The molecular formula is C26H26O5. The molecule has 5 nitrogen and oxygen atoms in total. The van der Waals surface area contributed by atoms with Crippen LogP contribution in [0.4, 0.5) is 0 Å². The predicted molar refractivity (Wildman–Crippen MR) is 118 cm³/mol. The van der Waals surface area contributed by atoms with Crippen LogP contribution in [-0.4, -0.2) is 25.8 Å². The first-order valence-corrected chi connectivity index (χ1v) is 10.5. The van der Waals surface area contributed by atoms with Crippen molar-refractivity contribution in [2.75, 3.05) is 19.8 Å². The molecule has 0 aromatic heterocycles. The Hall–Kier alpha value is -3.47. The molecule has 4 rings (SSSR count). The van der Waals surface area contributed by atoms with Crippen molar-refractivity contribution in [3.63, 3.8) is 0 Å². The lowest BCUT2D eigenvalue weighted by atomic mass is 10.0. The van der Waals surface area contributed by atoms with Gasteiger partial charge in [-0.15, -0.1) is 0 Å². The molecule has 0 fully saturated rings. The Labute approximate surface area is 182 Å². The summed E-state index contributed by atoms with van der Waals surface area (Å²) >= 11 is 0. The van der Waals surface area contributed by atoms with Crippen LogP contribution in [0.2, 0.25) is 0 Å². The van der Waals surface area contributed by atoms with Crippen LogP contribution in [0.15, 0.2) is 60.7 Å². The Balaban J connectivity index is 1.56. The maximum absolute atomic E-state index is 11.9. The van der Waals surface area contributed by atoms with E-state index in [0.29, 0.717) is 44.2 Å². The van der Waals surface area contributed by atoms with E-state index in [1.54, 1.807) is 19.1 Å². The zero-order chi connectivity index (χ0) is 21.6. The summed E-state index contributed by atoms with van der Waals surface area (Å²) in [5.74, 6) is 1.88. The molecule has 0 saturated heterocycles. The van der Waals surface area contributed by atoms with Crippen molar-refractivity contribution in [2.45, 2.75) is 26.9 Å². The lowest BCUT2D eigenvalue weighted by Crippen LogP contribution is -2.16. The highest BCUT2D eigenvalue weighted by atomic mass is 16.6. The predicted octanol–water partition coefficient (Wildman–Crippen LogP) is 5.11. The summed E-state index contributed by atoms with van der Waals surface area (Å²) in [6, 6.07) is 19.6. The van der Waals surface area contributed by atoms with Crippen LogP contribution >= 0.6 is 0 Å². The first-order chi connectivity index (χ1) is 15.1. The first kappa shape index (κ1) is 20.8. The van der Waals surface area contributed by atoms with Crippen LogP contribution in [-0.2, 0) is 17.8 Å². The third-order valence-corrected chi connectivity index (χ3v) is 5.10. The van der Waals surface area contributed by atoms with Crippen molar-refractivity contribution in [3.05, 3.63) is 88.5 Å². The van der Waals surface area contributed by atoms with Crippen molar-refractivity contribution < 1.29 is 23.7 Å². The van der Waals surface area contributed by atoms with E-state index in [0.717, 1.165) is 28.2 Å². The second-order valence-electron chi connectivity index (χ2n) is 7.47. The maximum atomic E-state index is 11.9. The molecule has 1 aliphatic heterocycles. The summed E-state index contributed by atoms with van der Waals surface area (Å²) < 4.78 is 22.8. The van der Waals surface area contributed by atoms with Crippen molar-refractivity contribution in [2.24, 2.45) is 0 Å². The second kappa shape index (κ2) is 9.56. The van der Waals surface area contributed by atoms with Crippen LogP contribution in [0.1, 0.15) is 39.5 Å². The third kappa shape index (κ3) is 5.18. The Morgan fingerprint density at radius 1 is 0.903 bits per heavy atom. The van der Waals surface area contributed by atoms with Gasteiger partial charge >= 0.3 is 5.97 Å². The van der Waals surface area contributed by atoms with E-state index in [2.05, 4.69) is 31.2 Å². The Morgan fingerprint density at radius 3 is 2.23 bits per heavy atom. The number of ether oxygens (including phenoxy) is 4. The van der Waals surface area contributed by atoms with E-state index in [-0.39, 0.29) is 5.97 Å². The van der Waals surface area contributed by atoms with Crippen LogP contribution in [0.5, 0.6) is 17.2 Å². The van der Waals surface area contributed by atoms with Gasteiger partial charge in [-0.25, -0.2) is 4.79 Å². The highest BCUT2D eigenvalue weighted by molar-refractivity contribution is 5.89. The Bertz CT molecular complexity index is 1040. The van der Waals surface area contributed by atoms with Gasteiger partial charge < -0.3 is 18.9 Å². The highest BCUT2D eigenvalue weighted by Gasteiger charge is 2.17. The fraction of sp³-hybridized carbons (Fsp3) is 0.269. The van der Waals surface area contributed by atoms with Crippen molar-refractivity contribution >= 4 is 5.97 Å². The topological polar surface area (TPSA) is 54.0 Å². The van der Waals surface area contributed by atoms with E-state index in [1.165, 1.54) is 5.56 Å². The van der Waals surface area contributed by atoms with E-state index in [4.69, 9.17) is 18.9 Å². The molecule has 0 radical (unpaired) electrons. The van der Waals surface area contributed by atoms with Crippen molar-refractivity contribution in [3.8, 4) is 17.2 Å². The van der Waals surface area contributed by atoms with Crippen LogP contribution < -0.4 is 14.2 Å². The molecule has 0 saturated carbocycles. The van der Waals surface area contributed by atoms with Gasteiger partial charge in [-0.2, -0.15) is 0 Å². The number of rotatable bonds is 7. The number of carbonyl (C=O) groups excluding carboxylic acids is 1. The quantitative estimate of drug-likeness (QED) is 0.499. The number of benzene rings is 3. The van der Waals surface area contributed by atoms with Crippen LogP contribution in [0.3, 0.4) is 0 Å². The fourth-order valence-corrected chi connectivity index (χ4v) is 3.42. The van der Waals surface area contributed by atoms with Gasteiger partial charge in [-0.05, 0) is 43.2 Å². The van der Waals surface area contributed by atoms with Crippen molar-refractivity contribution in [1.29, 1.82) is 0 Å². The maximum Gasteiger partial charge on any atom is 0.338 e. The van der Waals surface area contributed by atoms with E-state index in [9.17, 15) is 4.79 Å². The summed E-state index contributed by atoms with van der Waals surface area (Å²) in [6.45, 7) is 5.75. The zero-order valence-corrected chi connectivity index (χ0v) is 17.9. The van der Waals surface area contributed by atoms with Gasteiger partial charge in [0, 0.05) is 18.1 Å². The van der Waals surface area contributed by atoms with Gasteiger partial charge in [-0.3, -0.25) is 0 Å². The molecule has 5 heteroatoms. The number of hydrogen-bond acceptors (Lipinski definition) is 5. The standard InChI is InChI=1S/C26H26O5/c1-3-28-26(27)21-10-8-19(9-11-21)14-22-15-24-25(30-13-12-29-24)16-23(22)31-17-20-6-4-18(2)5-7-20/h4-11,15-16H,3,12-14,17H2,1-2H3. The molecule has 0 atom stereocenters. The minimum atomic E-state index is -0.310. The summed E-state index contributed by atoms with van der Waals surface area (Å²) in [6.07, 6.45) is 0.642. The average Bonchev–Trinajstić information content (AvgIpc) is 2.79. The lowest BCUT2D eigenvalue weighted by molar-refractivity contribution is 0.0526. The molecule has 3 aromatic rings. The van der Waals surface area contributed by atoms with Gasteiger partial charge in [-0.1, -0.05) is 42.0 Å². The smallest absolute Gasteiger partial charge is 0.338 e. The molecule has 1 aliphatic rings. The van der Waals surface area contributed by atoms with Gasteiger partial charge in [0.25, 0.3) is 0 Å². The average molecular weight is 418 g/mol. The van der Waals surface area contributed by atoms with E-state index < -0.39 is 0 Å². The van der Waals surface area contributed by atoms with Gasteiger partial charge in [0.15, 0.2) is 11.5 Å². The number of carbonyl (C=O) groups is 1.